The van der Waals surface area contributed by atoms with Gasteiger partial charge in [0.25, 0.3) is 0 Å². The molecule has 0 atom stereocenters. The molecule has 0 aliphatic carbocycles. The van der Waals surface area contributed by atoms with Crippen molar-refractivity contribution in [1.82, 2.24) is 0 Å². The first-order chi connectivity index (χ1) is 6.73. The van der Waals surface area contributed by atoms with Gasteiger partial charge >= 0.3 is 95.6 Å². The SMILES string of the molecule is CC[CH2][Sn]([Cl])([CH2]CC)[c]1ccccc1. The summed E-state index contributed by atoms with van der Waals surface area (Å²) in [7, 11) is 6.87. The monoisotopic (exact) mass is 318 g/mol. The van der Waals surface area contributed by atoms with Gasteiger partial charge in [-0.15, -0.1) is 0 Å². The van der Waals surface area contributed by atoms with Crippen LogP contribution in [0.3, 0.4) is 0 Å². The fourth-order valence-electron chi connectivity index (χ4n) is 1.94. The summed E-state index contributed by atoms with van der Waals surface area (Å²) in [4.78, 5) is 0. The van der Waals surface area contributed by atoms with Crippen molar-refractivity contribution >= 4 is 29.8 Å². The molecule has 2 heteroatoms. The van der Waals surface area contributed by atoms with Crippen molar-refractivity contribution in [3.8, 4) is 0 Å². The molecule has 0 bridgehead atoms. The number of benzene rings is 1. The van der Waals surface area contributed by atoms with Crippen LogP contribution in [0.5, 0.6) is 0 Å². The summed E-state index contributed by atoms with van der Waals surface area (Å²) in [6.07, 6.45) is 2.46. The van der Waals surface area contributed by atoms with E-state index in [2.05, 4.69) is 44.2 Å². The average Bonchev–Trinajstić information content (AvgIpc) is 2.20. The second-order valence-electron chi connectivity index (χ2n) is 3.83. The zero-order valence-corrected chi connectivity index (χ0v) is 12.7. The molecular formula is C12H19ClSn. The first kappa shape index (κ1) is 12.4. The Morgan fingerprint density at radius 2 is 1.50 bits per heavy atom. The van der Waals surface area contributed by atoms with E-state index in [1.165, 1.54) is 25.3 Å². The summed E-state index contributed by atoms with van der Waals surface area (Å²) >= 11 is -2.43. The minimum absolute atomic E-state index is 1.23. The molecule has 1 aromatic rings. The topological polar surface area (TPSA) is 0 Å². The molecule has 0 fully saturated rings. The van der Waals surface area contributed by atoms with Gasteiger partial charge in [0.2, 0.25) is 0 Å². The van der Waals surface area contributed by atoms with Crippen LogP contribution in [0.4, 0.5) is 0 Å². The van der Waals surface area contributed by atoms with Crippen LogP contribution in [0.2, 0.25) is 8.87 Å². The molecule has 1 aromatic carbocycles. The Labute approximate surface area is 95.3 Å². The van der Waals surface area contributed by atoms with E-state index in [-0.39, 0.29) is 0 Å². The Bertz CT molecular complexity index is 252. The fourth-order valence-corrected chi connectivity index (χ4v) is 14.5. The molecule has 0 aliphatic rings. The van der Waals surface area contributed by atoms with Crippen molar-refractivity contribution in [3.05, 3.63) is 30.3 Å². The zero-order chi connectivity index (χ0) is 10.4. The molecule has 0 amide bonds. The van der Waals surface area contributed by atoms with Gasteiger partial charge in [-0.2, -0.15) is 0 Å². The van der Waals surface area contributed by atoms with Crippen molar-refractivity contribution in [2.45, 2.75) is 35.6 Å². The number of rotatable bonds is 5. The van der Waals surface area contributed by atoms with Gasteiger partial charge in [0.1, 0.15) is 0 Å². The number of hydrogen-bond donors (Lipinski definition) is 0. The standard InChI is InChI=1S/C6H5.2C3H7.ClH.Sn/c1-2-4-6-5-3-1;2*1-3-2;;/h1-5H;2*1,3H2,2H3;1H;/q;;;;+1/p-1. The Morgan fingerprint density at radius 1 is 1.00 bits per heavy atom. The molecule has 0 saturated heterocycles. The normalized spacial score (nSPS) is 11.6. The van der Waals surface area contributed by atoms with E-state index >= 15 is 0 Å². The Balaban J connectivity index is 2.87. The van der Waals surface area contributed by atoms with Crippen LogP contribution in [0.15, 0.2) is 30.3 Å². The van der Waals surface area contributed by atoms with Crippen molar-refractivity contribution < 1.29 is 0 Å². The molecule has 1 rings (SSSR count). The molecule has 78 valence electrons. The predicted octanol–water partition coefficient (Wildman–Crippen LogP) is 3.90. The maximum atomic E-state index is 6.87. The van der Waals surface area contributed by atoms with Crippen molar-refractivity contribution in [2.24, 2.45) is 0 Å². The maximum absolute atomic E-state index is 6.87. The van der Waals surface area contributed by atoms with Crippen LogP contribution in [-0.2, 0) is 0 Å². The Kier molecular flexibility index (Phi) is 5.32. The molecular weight excluding hydrogens is 298 g/mol. The first-order valence-electron chi connectivity index (χ1n) is 5.47. The van der Waals surface area contributed by atoms with Crippen molar-refractivity contribution in [2.75, 3.05) is 0 Å². The summed E-state index contributed by atoms with van der Waals surface area (Å²) in [5, 5.41) is 0. The molecule has 14 heavy (non-hydrogen) atoms. The first-order valence-corrected chi connectivity index (χ1v) is 14.5. The van der Waals surface area contributed by atoms with E-state index in [4.69, 9.17) is 8.92 Å². The fraction of sp³-hybridized carbons (Fsp3) is 0.500. The summed E-state index contributed by atoms with van der Waals surface area (Å²) in [6, 6.07) is 10.8. The van der Waals surface area contributed by atoms with Gasteiger partial charge in [0, 0.05) is 0 Å². The van der Waals surface area contributed by atoms with Crippen molar-refractivity contribution in [1.29, 1.82) is 0 Å². The molecule has 0 aromatic heterocycles. The third kappa shape index (κ3) is 3.16. The van der Waals surface area contributed by atoms with E-state index in [1.807, 2.05) is 0 Å². The van der Waals surface area contributed by atoms with Crippen LogP contribution >= 0.6 is 8.92 Å². The van der Waals surface area contributed by atoms with Gasteiger partial charge in [0.15, 0.2) is 0 Å². The van der Waals surface area contributed by atoms with E-state index < -0.39 is 17.3 Å². The van der Waals surface area contributed by atoms with Crippen molar-refractivity contribution in [3.63, 3.8) is 0 Å². The molecule has 0 unspecified atom stereocenters. The van der Waals surface area contributed by atoms with Gasteiger partial charge in [-0.05, 0) is 0 Å². The third-order valence-electron chi connectivity index (χ3n) is 2.58. The molecule has 0 radical (unpaired) electrons. The van der Waals surface area contributed by atoms with Crippen LogP contribution < -0.4 is 3.58 Å². The van der Waals surface area contributed by atoms with Crippen LogP contribution in [0, 0.1) is 0 Å². The van der Waals surface area contributed by atoms with Gasteiger partial charge < -0.3 is 0 Å². The molecule has 0 saturated carbocycles. The van der Waals surface area contributed by atoms with Crippen LogP contribution in [-0.4, -0.2) is 17.3 Å². The average molecular weight is 317 g/mol. The Hall–Kier alpha value is 0.309. The molecule has 0 aliphatic heterocycles. The second-order valence-corrected chi connectivity index (χ2v) is 18.7. The van der Waals surface area contributed by atoms with Gasteiger partial charge in [0.05, 0.1) is 0 Å². The van der Waals surface area contributed by atoms with Gasteiger partial charge in [-0.3, -0.25) is 0 Å². The molecule has 0 heterocycles. The quantitative estimate of drug-likeness (QED) is 0.723. The van der Waals surface area contributed by atoms with Crippen LogP contribution in [0.1, 0.15) is 26.7 Å². The summed E-state index contributed by atoms with van der Waals surface area (Å²) in [6.45, 7) is 4.49. The van der Waals surface area contributed by atoms with E-state index in [1.54, 1.807) is 0 Å². The van der Waals surface area contributed by atoms with Gasteiger partial charge in [-0.25, -0.2) is 0 Å². The van der Waals surface area contributed by atoms with E-state index in [9.17, 15) is 0 Å². The Morgan fingerprint density at radius 3 is 1.93 bits per heavy atom. The second kappa shape index (κ2) is 6.02. The summed E-state index contributed by atoms with van der Waals surface area (Å²) in [5.41, 5.74) is 0. The zero-order valence-electron chi connectivity index (χ0n) is 9.09. The molecule has 0 spiro atoms. The van der Waals surface area contributed by atoms with E-state index in [0.717, 1.165) is 0 Å². The number of halogens is 1. The summed E-state index contributed by atoms with van der Waals surface area (Å²) in [5.74, 6) is 0. The predicted molar refractivity (Wildman–Crippen MR) is 67.9 cm³/mol. The summed E-state index contributed by atoms with van der Waals surface area (Å²) < 4.78 is 4.02. The molecule has 0 nitrogen and oxygen atoms in total. The van der Waals surface area contributed by atoms with E-state index in [0.29, 0.717) is 0 Å². The van der Waals surface area contributed by atoms with Gasteiger partial charge in [-0.1, -0.05) is 0 Å². The van der Waals surface area contributed by atoms with Crippen LogP contribution in [0.25, 0.3) is 0 Å². The number of hydrogen-bond acceptors (Lipinski definition) is 0. The third-order valence-corrected chi connectivity index (χ3v) is 17.9. The minimum atomic E-state index is -2.43. The molecule has 0 N–H and O–H groups in total.